The predicted molar refractivity (Wildman–Crippen MR) is 104 cm³/mol. The fourth-order valence-corrected chi connectivity index (χ4v) is 2.84. The third-order valence-corrected chi connectivity index (χ3v) is 4.11. The molecule has 0 aliphatic rings. The highest BCUT2D eigenvalue weighted by Crippen LogP contribution is 2.29. The monoisotopic (exact) mass is 397 g/mol. The molecule has 140 valence electrons. The summed E-state index contributed by atoms with van der Waals surface area (Å²) in [6, 6.07) is 6.82. The van der Waals surface area contributed by atoms with Crippen molar-refractivity contribution in [3.8, 4) is 0 Å². The number of halogens is 2. The van der Waals surface area contributed by atoms with E-state index in [1.807, 2.05) is 13.8 Å². The Morgan fingerprint density at radius 2 is 1.69 bits per heavy atom. The summed E-state index contributed by atoms with van der Waals surface area (Å²) in [5, 5.41) is 10.3. The molecule has 26 heavy (non-hydrogen) atoms. The molecule has 0 aliphatic carbocycles. The van der Waals surface area contributed by atoms with Crippen molar-refractivity contribution in [1.82, 2.24) is 14.7 Å². The highest BCUT2D eigenvalue weighted by atomic mass is 35.5. The Balaban J connectivity index is 1.87. The number of hydrogen-bond donors (Lipinski definition) is 2. The summed E-state index contributed by atoms with van der Waals surface area (Å²) in [6.07, 6.45) is 1.63. The zero-order chi connectivity index (χ0) is 19.3. The molecule has 0 spiro atoms. The van der Waals surface area contributed by atoms with Crippen LogP contribution in [0.15, 0.2) is 30.5 Å². The van der Waals surface area contributed by atoms with E-state index in [1.165, 1.54) is 0 Å². The minimum Gasteiger partial charge on any atom is -0.322 e. The van der Waals surface area contributed by atoms with Gasteiger partial charge in [0.15, 0.2) is 0 Å². The van der Waals surface area contributed by atoms with Crippen LogP contribution in [0.4, 0.5) is 11.5 Å². The number of carbonyl (C=O) groups is 2. The van der Waals surface area contributed by atoms with Crippen LogP contribution >= 0.6 is 23.2 Å². The number of benzene rings is 1. The largest absolute Gasteiger partial charge is 0.322 e. The summed E-state index contributed by atoms with van der Waals surface area (Å²) in [5.41, 5.74) is 0.361. The van der Waals surface area contributed by atoms with Gasteiger partial charge in [0.2, 0.25) is 11.8 Å². The van der Waals surface area contributed by atoms with Crippen LogP contribution in [0.3, 0.4) is 0 Å². The Hall–Kier alpha value is -2.09. The number of anilines is 2. The summed E-state index contributed by atoms with van der Waals surface area (Å²) in [7, 11) is 1.67. The first-order valence-electron chi connectivity index (χ1n) is 8.03. The van der Waals surface area contributed by atoms with Crippen LogP contribution in [0.2, 0.25) is 10.0 Å². The van der Waals surface area contributed by atoms with Crippen LogP contribution in [0, 0.1) is 0 Å². The van der Waals surface area contributed by atoms with Crippen molar-refractivity contribution >= 4 is 46.5 Å². The Bertz CT molecular complexity index is 771. The van der Waals surface area contributed by atoms with E-state index >= 15 is 0 Å². The van der Waals surface area contributed by atoms with Crippen molar-refractivity contribution in [3.63, 3.8) is 0 Å². The Morgan fingerprint density at radius 3 is 2.27 bits per heavy atom. The van der Waals surface area contributed by atoms with Crippen LogP contribution in [0.1, 0.15) is 19.9 Å². The van der Waals surface area contributed by atoms with E-state index < -0.39 is 0 Å². The zero-order valence-electron chi connectivity index (χ0n) is 14.8. The molecule has 0 saturated heterocycles. The van der Waals surface area contributed by atoms with Gasteiger partial charge in [-0.05, 0) is 33.0 Å². The van der Waals surface area contributed by atoms with Crippen molar-refractivity contribution in [2.75, 3.05) is 30.8 Å². The molecule has 2 rings (SSSR count). The number of aromatic nitrogens is 2. The number of nitrogens with zero attached hydrogens (tertiary/aromatic N) is 3. The van der Waals surface area contributed by atoms with Gasteiger partial charge in [0.25, 0.3) is 0 Å². The molecule has 0 aliphatic heterocycles. The first-order chi connectivity index (χ1) is 12.3. The van der Waals surface area contributed by atoms with Crippen LogP contribution < -0.4 is 10.6 Å². The molecule has 2 N–H and O–H groups in total. The van der Waals surface area contributed by atoms with Crippen molar-refractivity contribution in [2.45, 2.75) is 19.9 Å². The average Bonchev–Trinajstić information content (AvgIpc) is 2.99. The molecular formula is C17H21Cl2N5O2. The molecule has 0 saturated carbocycles. The highest BCUT2D eigenvalue weighted by Gasteiger charge is 2.15. The number of carbonyl (C=O) groups excluding carboxylic acids is 2. The highest BCUT2D eigenvalue weighted by molar-refractivity contribution is 6.39. The van der Waals surface area contributed by atoms with Gasteiger partial charge in [-0.25, -0.2) is 4.68 Å². The first-order valence-corrected chi connectivity index (χ1v) is 8.79. The van der Waals surface area contributed by atoms with Gasteiger partial charge < -0.3 is 10.6 Å². The van der Waals surface area contributed by atoms with Crippen LogP contribution in [-0.4, -0.2) is 46.6 Å². The average molecular weight is 398 g/mol. The molecule has 0 unspecified atom stereocenters. The zero-order valence-corrected chi connectivity index (χ0v) is 16.3. The molecule has 0 fully saturated rings. The smallest absolute Gasteiger partial charge is 0.239 e. The number of hydrogen-bond acceptors (Lipinski definition) is 4. The van der Waals surface area contributed by atoms with Crippen LogP contribution in [-0.2, 0) is 9.59 Å². The second-order valence-corrected chi connectivity index (χ2v) is 6.93. The van der Waals surface area contributed by atoms with Crippen LogP contribution in [0.25, 0.3) is 0 Å². The fraction of sp³-hybridized carbons (Fsp3) is 0.353. The Labute approximate surface area is 162 Å². The van der Waals surface area contributed by atoms with Crippen molar-refractivity contribution in [2.24, 2.45) is 0 Å². The molecule has 0 radical (unpaired) electrons. The maximum Gasteiger partial charge on any atom is 0.239 e. The lowest BCUT2D eigenvalue weighted by atomic mass is 10.3. The van der Waals surface area contributed by atoms with Crippen molar-refractivity contribution < 1.29 is 9.59 Å². The van der Waals surface area contributed by atoms with Gasteiger partial charge >= 0.3 is 0 Å². The second kappa shape index (κ2) is 9.02. The lowest BCUT2D eigenvalue weighted by Crippen LogP contribution is -2.36. The Kier molecular flexibility index (Phi) is 7.02. The maximum absolute atomic E-state index is 12.2. The molecule has 0 bridgehead atoms. The third kappa shape index (κ3) is 5.45. The van der Waals surface area contributed by atoms with Gasteiger partial charge in [-0.2, -0.15) is 5.10 Å². The standard InChI is InChI=1S/C17H21Cl2N5O2/c1-11(2)24-14(7-8-20-24)21-15(25)9-23(3)10-16(26)22-17-12(18)5-4-6-13(17)19/h4-8,11H,9-10H2,1-3H3,(H,21,25)(H,22,26). The second-order valence-electron chi connectivity index (χ2n) is 6.12. The number of amides is 2. The van der Waals surface area contributed by atoms with Gasteiger partial charge in [-0.3, -0.25) is 14.5 Å². The number of nitrogens with one attached hydrogen (secondary N) is 2. The van der Waals surface area contributed by atoms with Gasteiger partial charge in [0.05, 0.1) is 35.0 Å². The number of rotatable bonds is 7. The number of likely N-dealkylation sites (N-methyl/N-ethyl adjacent to an activating group) is 1. The molecular weight excluding hydrogens is 377 g/mol. The molecule has 2 aromatic rings. The maximum atomic E-state index is 12.2. The lowest BCUT2D eigenvalue weighted by Gasteiger charge is -2.17. The summed E-state index contributed by atoms with van der Waals surface area (Å²) in [5.74, 6) is 0.0618. The summed E-state index contributed by atoms with van der Waals surface area (Å²) < 4.78 is 1.71. The van der Waals surface area contributed by atoms with E-state index in [4.69, 9.17) is 23.2 Å². The van der Waals surface area contributed by atoms with Gasteiger partial charge in [-0.15, -0.1) is 0 Å². The van der Waals surface area contributed by atoms with Gasteiger partial charge in [-0.1, -0.05) is 29.3 Å². The van der Waals surface area contributed by atoms with Crippen LogP contribution in [0.5, 0.6) is 0 Å². The molecule has 2 amide bonds. The molecule has 9 heteroatoms. The van der Waals surface area contributed by atoms with Gasteiger partial charge in [0, 0.05) is 12.1 Å². The molecule has 1 aromatic carbocycles. The van der Waals surface area contributed by atoms with Gasteiger partial charge in [0.1, 0.15) is 5.82 Å². The van der Waals surface area contributed by atoms with E-state index in [1.54, 1.807) is 47.1 Å². The predicted octanol–water partition coefficient (Wildman–Crippen LogP) is 3.28. The third-order valence-electron chi connectivity index (χ3n) is 3.48. The van der Waals surface area contributed by atoms with E-state index in [9.17, 15) is 9.59 Å². The minimum absolute atomic E-state index is 0.0123. The first kappa shape index (κ1) is 20.2. The van der Waals surface area contributed by atoms with Crippen molar-refractivity contribution in [1.29, 1.82) is 0 Å². The summed E-state index contributed by atoms with van der Waals surface area (Å²) in [4.78, 5) is 25.9. The quantitative estimate of drug-likeness (QED) is 0.750. The normalized spacial score (nSPS) is 11.0. The molecule has 0 atom stereocenters. The lowest BCUT2D eigenvalue weighted by molar-refractivity contribution is -0.119. The van der Waals surface area contributed by atoms with E-state index in [0.29, 0.717) is 21.6 Å². The molecule has 1 aromatic heterocycles. The summed E-state index contributed by atoms with van der Waals surface area (Å²) >= 11 is 12.1. The SMILES string of the molecule is CC(C)n1nccc1NC(=O)CN(C)CC(=O)Nc1c(Cl)cccc1Cl. The minimum atomic E-state index is -0.317. The van der Waals surface area contributed by atoms with E-state index in [0.717, 1.165) is 0 Å². The number of para-hydroxylation sites is 1. The topological polar surface area (TPSA) is 79.3 Å². The molecule has 1 heterocycles. The van der Waals surface area contributed by atoms with E-state index in [-0.39, 0.29) is 30.9 Å². The fourth-order valence-electron chi connectivity index (χ4n) is 2.35. The summed E-state index contributed by atoms with van der Waals surface area (Å²) in [6.45, 7) is 4.00. The molecule has 7 nitrogen and oxygen atoms in total. The Morgan fingerprint density at radius 1 is 1.12 bits per heavy atom. The van der Waals surface area contributed by atoms with E-state index in [2.05, 4.69) is 15.7 Å². The van der Waals surface area contributed by atoms with Crippen molar-refractivity contribution in [3.05, 3.63) is 40.5 Å².